The normalized spacial score (nSPS) is 17.2. The maximum atomic E-state index is 10.5. The first-order valence-corrected chi connectivity index (χ1v) is 9.88. The summed E-state index contributed by atoms with van der Waals surface area (Å²) < 4.78 is 6.19. The molecule has 0 aromatic carbocycles. The molecule has 2 atom stereocenters. The smallest absolute Gasteiger partial charge is 0.192 e. The Kier molecular flexibility index (Phi) is 7.19. The zero-order valence-electron chi connectivity index (χ0n) is 13.5. The first kappa shape index (κ1) is 18.5. The minimum Gasteiger partial charge on any atom is -0.414 e. The van der Waals surface area contributed by atoms with Gasteiger partial charge in [-0.25, -0.2) is 0 Å². The predicted octanol–water partition coefficient (Wildman–Crippen LogP) is 3.68. The molecule has 0 bridgehead atoms. The van der Waals surface area contributed by atoms with Crippen LogP contribution in [-0.4, -0.2) is 31.9 Å². The van der Waals surface area contributed by atoms with Gasteiger partial charge in [-0.15, -0.1) is 0 Å². The molecular weight excluding hydrogens is 256 g/mol. The second kappa shape index (κ2) is 7.36. The maximum absolute atomic E-state index is 10.5. The van der Waals surface area contributed by atoms with Gasteiger partial charge in [0.15, 0.2) is 8.32 Å². The van der Waals surface area contributed by atoms with Crippen molar-refractivity contribution in [1.29, 1.82) is 0 Å². The molecule has 0 spiro atoms. The highest BCUT2D eigenvalue weighted by atomic mass is 28.4. The summed E-state index contributed by atoms with van der Waals surface area (Å²) in [6.07, 6.45) is 3.29. The van der Waals surface area contributed by atoms with Crippen molar-refractivity contribution in [3.8, 4) is 0 Å². The summed E-state index contributed by atoms with van der Waals surface area (Å²) in [6.45, 7) is 14.8. The number of rotatable bonds is 7. The molecule has 112 valence electrons. The standard InChI is InChI=1S/C15H30O3Si/c1-12(11-16)8-9-14(17)10-13(2)18-19(6,7)15(3,4)5/h8,11,13-14,17H,9-10H2,1-7H3/b12-8+/t13-,14+/m0/s1. The summed E-state index contributed by atoms with van der Waals surface area (Å²) >= 11 is 0. The number of hydrogen-bond donors (Lipinski definition) is 1. The molecule has 0 saturated carbocycles. The Morgan fingerprint density at radius 3 is 2.32 bits per heavy atom. The van der Waals surface area contributed by atoms with E-state index in [2.05, 4.69) is 33.9 Å². The van der Waals surface area contributed by atoms with E-state index in [1.807, 2.05) is 6.92 Å². The third-order valence-corrected chi connectivity index (χ3v) is 8.41. The Labute approximate surface area is 119 Å². The lowest BCUT2D eigenvalue weighted by molar-refractivity contribution is -0.104. The van der Waals surface area contributed by atoms with Gasteiger partial charge < -0.3 is 9.53 Å². The van der Waals surface area contributed by atoms with Gasteiger partial charge in [0.05, 0.1) is 6.10 Å². The van der Waals surface area contributed by atoms with Crippen LogP contribution in [-0.2, 0) is 9.22 Å². The van der Waals surface area contributed by atoms with Crippen LogP contribution in [0.1, 0.15) is 47.5 Å². The molecule has 0 unspecified atom stereocenters. The van der Waals surface area contributed by atoms with Crippen LogP contribution in [0.4, 0.5) is 0 Å². The Morgan fingerprint density at radius 2 is 1.89 bits per heavy atom. The second-order valence-electron chi connectivity index (χ2n) is 6.88. The van der Waals surface area contributed by atoms with E-state index < -0.39 is 14.4 Å². The van der Waals surface area contributed by atoms with E-state index in [9.17, 15) is 9.90 Å². The zero-order valence-corrected chi connectivity index (χ0v) is 14.5. The van der Waals surface area contributed by atoms with Gasteiger partial charge in [-0.3, -0.25) is 4.79 Å². The minimum absolute atomic E-state index is 0.0424. The van der Waals surface area contributed by atoms with Gasteiger partial charge in [0.1, 0.15) is 6.29 Å². The molecule has 4 heteroatoms. The second-order valence-corrected chi connectivity index (χ2v) is 11.6. The number of carbonyl (C=O) groups excluding carboxylic acids is 1. The molecule has 19 heavy (non-hydrogen) atoms. The van der Waals surface area contributed by atoms with Gasteiger partial charge in [-0.05, 0) is 50.4 Å². The van der Waals surface area contributed by atoms with E-state index in [4.69, 9.17) is 4.43 Å². The molecule has 0 aliphatic rings. The summed E-state index contributed by atoms with van der Waals surface area (Å²) in [6, 6.07) is 0. The lowest BCUT2D eigenvalue weighted by Gasteiger charge is -2.38. The third-order valence-electron chi connectivity index (χ3n) is 3.80. The number of aliphatic hydroxyl groups is 1. The molecule has 0 radical (unpaired) electrons. The van der Waals surface area contributed by atoms with Gasteiger partial charge in [-0.2, -0.15) is 0 Å². The fourth-order valence-corrected chi connectivity index (χ4v) is 3.03. The van der Waals surface area contributed by atoms with E-state index in [1.165, 1.54) is 0 Å². The van der Waals surface area contributed by atoms with Crippen molar-refractivity contribution in [2.24, 2.45) is 0 Å². The van der Waals surface area contributed by atoms with Crippen molar-refractivity contribution < 1.29 is 14.3 Å². The molecular formula is C15H30O3Si. The molecule has 0 heterocycles. The van der Waals surface area contributed by atoms with E-state index in [1.54, 1.807) is 13.0 Å². The van der Waals surface area contributed by atoms with Gasteiger partial charge in [-0.1, -0.05) is 26.8 Å². The molecule has 1 N–H and O–H groups in total. The molecule has 0 rings (SSSR count). The van der Waals surface area contributed by atoms with Gasteiger partial charge in [0.2, 0.25) is 0 Å². The molecule has 0 aromatic heterocycles. The van der Waals surface area contributed by atoms with E-state index in [0.717, 1.165) is 6.29 Å². The fraction of sp³-hybridized carbons (Fsp3) is 0.800. The highest BCUT2D eigenvalue weighted by Crippen LogP contribution is 2.37. The topological polar surface area (TPSA) is 46.5 Å². The molecule has 0 fully saturated rings. The van der Waals surface area contributed by atoms with Crippen LogP contribution in [0.3, 0.4) is 0 Å². The van der Waals surface area contributed by atoms with E-state index in [0.29, 0.717) is 18.4 Å². The highest BCUT2D eigenvalue weighted by Gasteiger charge is 2.38. The van der Waals surface area contributed by atoms with Crippen molar-refractivity contribution in [3.63, 3.8) is 0 Å². The van der Waals surface area contributed by atoms with E-state index >= 15 is 0 Å². The molecule has 0 amide bonds. The number of allylic oxidation sites excluding steroid dienone is 1. The molecule has 0 saturated heterocycles. The molecule has 3 nitrogen and oxygen atoms in total. The lowest BCUT2D eigenvalue weighted by atomic mass is 10.1. The van der Waals surface area contributed by atoms with Crippen LogP contribution >= 0.6 is 0 Å². The van der Waals surface area contributed by atoms with Crippen molar-refractivity contribution in [3.05, 3.63) is 11.6 Å². The first-order valence-electron chi connectivity index (χ1n) is 6.97. The Morgan fingerprint density at radius 1 is 1.37 bits per heavy atom. The molecule has 0 aromatic rings. The summed E-state index contributed by atoms with van der Waals surface area (Å²) in [5, 5.41) is 10.1. The van der Waals surface area contributed by atoms with Crippen molar-refractivity contribution in [1.82, 2.24) is 0 Å². The number of aliphatic hydroxyl groups excluding tert-OH is 1. The number of aldehydes is 1. The molecule has 0 aliphatic carbocycles. The summed E-state index contributed by atoms with van der Waals surface area (Å²) in [5.41, 5.74) is 0.664. The Bertz CT molecular complexity index is 316. The number of hydrogen-bond acceptors (Lipinski definition) is 3. The molecule has 0 aliphatic heterocycles. The van der Waals surface area contributed by atoms with Crippen molar-refractivity contribution in [2.45, 2.75) is 77.8 Å². The van der Waals surface area contributed by atoms with Crippen LogP contribution in [0.15, 0.2) is 11.6 Å². The van der Waals surface area contributed by atoms with Gasteiger partial charge in [0, 0.05) is 6.10 Å². The van der Waals surface area contributed by atoms with Crippen LogP contribution in [0.25, 0.3) is 0 Å². The Hall–Kier alpha value is -0.453. The van der Waals surface area contributed by atoms with Crippen LogP contribution < -0.4 is 0 Å². The lowest BCUT2D eigenvalue weighted by Crippen LogP contribution is -2.43. The van der Waals surface area contributed by atoms with E-state index in [-0.39, 0.29) is 11.1 Å². The summed E-state index contributed by atoms with van der Waals surface area (Å²) in [5.74, 6) is 0. The third kappa shape index (κ3) is 7.04. The monoisotopic (exact) mass is 286 g/mol. The summed E-state index contributed by atoms with van der Waals surface area (Å²) in [7, 11) is -1.77. The average Bonchev–Trinajstić information content (AvgIpc) is 2.23. The quantitative estimate of drug-likeness (QED) is 0.441. The Balaban J connectivity index is 4.32. The zero-order chi connectivity index (χ0) is 15.3. The fourth-order valence-electron chi connectivity index (χ4n) is 1.58. The van der Waals surface area contributed by atoms with Crippen LogP contribution in [0, 0.1) is 0 Å². The van der Waals surface area contributed by atoms with Gasteiger partial charge >= 0.3 is 0 Å². The van der Waals surface area contributed by atoms with Crippen LogP contribution in [0.2, 0.25) is 18.1 Å². The average molecular weight is 286 g/mol. The van der Waals surface area contributed by atoms with Crippen molar-refractivity contribution >= 4 is 14.6 Å². The first-order chi connectivity index (χ1) is 8.49. The largest absolute Gasteiger partial charge is 0.414 e. The maximum Gasteiger partial charge on any atom is 0.192 e. The van der Waals surface area contributed by atoms with Crippen molar-refractivity contribution in [2.75, 3.05) is 0 Å². The summed E-state index contributed by atoms with van der Waals surface area (Å²) in [4.78, 5) is 10.5. The number of carbonyl (C=O) groups is 1. The SMILES string of the molecule is C/C(C=O)=C\C[C@@H](O)C[C@H](C)O[Si](C)(C)C(C)(C)C. The van der Waals surface area contributed by atoms with Crippen LogP contribution in [0.5, 0.6) is 0 Å². The van der Waals surface area contributed by atoms with Gasteiger partial charge in [0.25, 0.3) is 0 Å². The minimum atomic E-state index is -1.77. The highest BCUT2D eigenvalue weighted by molar-refractivity contribution is 6.74. The predicted molar refractivity (Wildman–Crippen MR) is 82.8 cm³/mol.